The van der Waals surface area contributed by atoms with Crippen molar-refractivity contribution in [3.05, 3.63) is 17.2 Å². The molecule has 0 atom stereocenters. The van der Waals surface area contributed by atoms with E-state index in [2.05, 4.69) is 31.6 Å². The van der Waals surface area contributed by atoms with E-state index in [4.69, 9.17) is 16.3 Å². The second-order valence-electron chi connectivity index (χ2n) is 6.19. The van der Waals surface area contributed by atoms with Crippen molar-refractivity contribution >= 4 is 55.7 Å². The number of hydrogen-bond donors (Lipinski definition) is 1. The number of aromatic nitrogens is 3. The molecule has 0 saturated carbocycles. The van der Waals surface area contributed by atoms with Gasteiger partial charge in [-0.15, -0.1) is 4.43 Å². The lowest BCUT2D eigenvalue weighted by Gasteiger charge is -2.20. The van der Waals surface area contributed by atoms with Crippen molar-refractivity contribution in [1.82, 2.24) is 19.9 Å². The number of nitrogens with zero attached hydrogens (tertiary/aromatic N) is 3. The molecule has 0 aliphatic carbocycles. The molecular formula is C15H18AlClN4O3. The molecule has 2 heterocycles. The summed E-state index contributed by atoms with van der Waals surface area (Å²) in [5, 5.41) is 3.62. The highest BCUT2D eigenvalue weighted by Gasteiger charge is 2.17. The maximum absolute atomic E-state index is 11.7. The number of carbonyl (C=O) groups is 2. The van der Waals surface area contributed by atoms with Crippen molar-refractivity contribution in [2.24, 2.45) is 0 Å². The minimum atomic E-state index is -0.555. The fourth-order valence-corrected chi connectivity index (χ4v) is 2.91. The molecule has 0 spiro atoms. The number of aldehydes is 1. The summed E-state index contributed by atoms with van der Waals surface area (Å²) in [6.45, 7) is 6.16. The Morgan fingerprint density at radius 3 is 2.83 bits per heavy atom. The highest BCUT2D eigenvalue weighted by Crippen LogP contribution is 2.16. The van der Waals surface area contributed by atoms with Crippen LogP contribution in [0.3, 0.4) is 0 Å². The van der Waals surface area contributed by atoms with Crippen LogP contribution in [0.2, 0.25) is 5.28 Å². The van der Waals surface area contributed by atoms with Crippen molar-refractivity contribution in [3.63, 3.8) is 0 Å². The van der Waals surface area contributed by atoms with Crippen molar-refractivity contribution in [3.8, 4) is 0 Å². The van der Waals surface area contributed by atoms with Gasteiger partial charge >= 0.3 is 6.09 Å². The van der Waals surface area contributed by atoms with Crippen LogP contribution in [0.25, 0.3) is 11.0 Å². The van der Waals surface area contributed by atoms with Gasteiger partial charge in [0.05, 0.1) is 0 Å². The highest BCUT2D eigenvalue weighted by molar-refractivity contribution is 6.40. The largest absolute Gasteiger partial charge is 0.444 e. The van der Waals surface area contributed by atoms with Crippen molar-refractivity contribution in [2.45, 2.75) is 39.3 Å². The van der Waals surface area contributed by atoms with E-state index in [1.807, 2.05) is 4.57 Å². The van der Waals surface area contributed by atoms with Gasteiger partial charge in [-0.25, -0.2) is 9.78 Å². The van der Waals surface area contributed by atoms with Crippen LogP contribution in [-0.2, 0) is 22.5 Å². The van der Waals surface area contributed by atoms with Gasteiger partial charge in [0.15, 0.2) is 16.3 Å². The minimum absolute atomic E-state index is 0.129. The van der Waals surface area contributed by atoms with Gasteiger partial charge in [-0.1, -0.05) is 0 Å². The first-order valence-corrected chi connectivity index (χ1v) is 8.38. The average molecular weight is 365 g/mol. The Kier molecular flexibility index (Phi) is 5.86. The molecule has 126 valence electrons. The first-order chi connectivity index (χ1) is 11.2. The average Bonchev–Trinajstić information content (AvgIpc) is 2.71. The van der Waals surface area contributed by atoms with Crippen LogP contribution in [0.5, 0.6) is 0 Å². The summed E-state index contributed by atoms with van der Waals surface area (Å²) in [7, 11) is 0. The summed E-state index contributed by atoms with van der Waals surface area (Å²) in [5.41, 5.74) is 0.872. The first kappa shape index (κ1) is 18.7. The summed E-state index contributed by atoms with van der Waals surface area (Å²) < 4.78 is 7.91. The molecule has 1 amide bonds. The number of nitrogens with one attached hydrogen (secondary N) is 1. The number of halogens is 1. The van der Waals surface area contributed by atoms with Crippen LogP contribution in [0, 0.1) is 0 Å². The molecular weight excluding hydrogens is 347 g/mol. The van der Waals surface area contributed by atoms with Crippen LogP contribution < -0.4 is 9.74 Å². The van der Waals surface area contributed by atoms with Gasteiger partial charge in [0.25, 0.3) is 0 Å². The summed E-state index contributed by atoms with van der Waals surface area (Å²) in [6, 6.07) is 0. The summed E-state index contributed by atoms with van der Waals surface area (Å²) in [6.07, 6.45) is 2.20. The number of hydrogen-bond acceptors (Lipinski definition) is 5. The molecule has 0 fully saturated rings. The van der Waals surface area contributed by atoms with Gasteiger partial charge in [0.1, 0.15) is 17.5 Å². The minimum Gasteiger partial charge on any atom is -0.444 e. The fourth-order valence-electron chi connectivity index (χ4n) is 2.30. The first-order valence-electron chi connectivity index (χ1n) is 7.42. The number of carbonyl (C=O) groups excluding carboxylic acids is 2. The molecule has 0 aliphatic heterocycles. The zero-order valence-electron chi connectivity index (χ0n) is 13.8. The van der Waals surface area contributed by atoms with Crippen LogP contribution in [0.15, 0.2) is 6.20 Å². The lowest BCUT2D eigenvalue weighted by molar-refractivity contribution is -0.107. The molecule has 2 aromatic rings. The molecule has 0 aliphatic rings. The number of fused-ring (bicyclic) bond motifs is 1. The van der Waals surface area contributed by atoms with E-state index in [0.717, 1.165) is 21.8 Å². The third-order valence-corrected chi connectivity index (χ3v) is 4.03. The second-order valence-corrected chi connectivity index (χ2v) is 7.10. The van der Waals surface area contributed by atoms with Gasteiger partial charge in [-0.05, 0) is 32.4 Å². The number of alkyl carbamates (subject to hydrolysis) is 1. The third-order valence-electron chi connectivity index (χ3n) is 3.20. The van der Waals surface area contributed by atoms with Crippen LogP contribution in [0.1, 0.15) is 26.5 Å². The Morgan fingerprint density at radius 2 is 2.21 bits per heavy atom. The summed E-state index contributed by atoms with van der Waals surface area (Å²) in [5.74, 6) is 0. The van der Waals surface area contributed by atoms with Crippen LogP contribution in [-0.4, -0.2) is 55.4 Å². The Balaban J connectivity index is 2.21. The quantitative estimate of drug-likeness (QED) is 0.488. The maximum atomic E-state index is 11.7. The lowest BCUT2D eigenvalue weighted by Crippen LogP contribution is -2.34. The number of ether oxygens (including phenoxy) is 1. The predicted octanol–water partition coefficient (Wildman–Crippen LogP) is 1.14. The zero-order chi connectivity index (χ0) is 17.9. The van der Waals surface area contributed by atoms with E-state index in [9.17, 15) is 9.59 Å². The molecule has 24 heavy (non-hydrogen) atoms. The highest BCUT2D eigenvalue weighted by atomic mass is 35.5. The Labute approximate surface area is 153 Å². The van der Waals surface area contributed by atoms with Crippen LogP contribution >= 0.6 is 11.6 Å². The van der Waals surface area contributed by atoms with Gasteiger partial charge in [-0.3, -0.25) is 0 Å². The third kappa shape index (κ3) is 4.47. The van der Waals surface area contributed by atoms with E-state index in [-0.39, 0.29) is 11.7 Å². The molecule has 9 heteroatoms. The van der Waals surface area contributed by atoms with E-state index >= 15 is 0 Å². The monoisotopic (exact) mass is 364 g/mol. The second kappa shape index (κ2) is 7.51. The van der Waals surface area contributed by atoms with Gasteiger partial charge in [-0.2, -0.15) is 4.98 Å². The lowest BCUT2D eigenvalue weighted by atomic mass is 10.2. The van der Waals surface area contributed by atoms with E-state index in [0.29, 0.717) is 18.7 Å². The topological polar surface area (TPSA) is 86.1 Å². The fraction of sp³-hybridized carbons (Fsp3) is 0.467. The molecule has 0 saturated heterocycles. The van der Waals surface area contributed by atoms with E-state index in [1.54, 1.807) is 27.0 Å². The van der Waals surface area contributed by atoms with Gasteiger partial charge in [0.2, 0.25) is 5.28 Å². The Hall–Kier alpha value is -1.62. The molecule has 1 N–H and O–H groups in total. The summed E-state index contributed by atoms with van der Waals surface area (Å²) in [4.78, 5) is 30.9. The van der Waals surface area contributed by atoms with Gasteiger partial charge in [0, 0.05) is 36.8 Å². The molecule has 0 bridgehead atoms. The molecule has 2 aromatic heterocycles. The SMILES string of the molecule is CC(C)(C)OC(=O)NCCn1c(CC=O)[c]([Al])c2cnc(Cl)nc21. The predicted molar refractivity (Wildman–Crippen MR) is 91.9 cm³/mol. The number of amides is 1. The standard InChI is InChI=1S/C15H18ClN4O3.Al/c1-15(2,3)23-14(22)17-5-6-20-11(4-7-21)8-10-9-18-13(16)19-12(10)20;/h7,9H,4-6H2,1-3H3,(H,17,22);. The Morgan fingerprint density at radius 1 is 1.50 bits per heavy atom. The van der Waals surface area contributed by atoms with Crippen LogP contribution in [0.4, 0.5) is 4.79 Å². The van der Waals surface area contributed by atoms with Gasteiger partial charge < -0.3 is 19.4 Å². The molecule has 7 nitrogen and oxygen atoms in total. The van der Waals surface area contributed by atoms with E-state index in [1.165, 1.54) is 0 Å². The van der Waals surface area contributed by atoms with Crippen molar-refractivity contribution in [1.29, 1.82) is 0 Å². The molecule has 0 aromatic carbocycles. The molecule has 0 unspecified atom stereocenters. The summed E-state index contributed by atoms with van der Waals surface area (Å²) >= 11 is 8.49. The maximum Gasteiger partial charge on any atom is 0.407 e. The van der Waals surface area contributed by atoms with E-state index < -0.39 is 11.7 Å². The van der Waals surface area contributed by atoms with Crippen molar-refractivity contribution in [2.75, 3.05) is 6.54 Å². The molecule has 2 rings (SSSR count). The zero-order valence-corrected chi connectivity index (χ0v) is 15.7. The molecule has 2 radical (unpaired) electrons. The van der Waals surface area contributed by atoms with Crippen molar-refractivity contribution < 1.29 is 14.3 Å². The smallest absolute Gasteiger partial charge is 0.407 e. The normalized spacial score (nSPS) is 11.5. The Bertz CT molecular complexity index is 770. The number of rotatable bonds is 5.